The van der Waals surface area contributed by atoms with Crippen molar-refractivity contribution < 1.29 is 23.9 Å². The number of carbonyl (C=O) groups excluding carboxylic acids is 3. The van der Waals surface area contributed by atoms with Gasteiger partial charge in [0, 0.05) is 38.6 Å². The minimum absolute atomic E-state index is 0.157. The number of benzene rings is 3. The van der Waals surface area contributed by atoms with Crippen LogP contribution in [-0.2, 0) is 0 Å². The van der Waals surface area contributed by atoms with Gasteiger partial charge in [-0.2, -0.15) is 0 Å². The first-order valence-electron chi connectivity index (χ1n) is 9.17. The van der Waals surface area contributed by atoms with Crippen molar-refractivity contribution in [2.75, 3.05) is 17.7 Å². The predicted octanol–water partition coefficient (Wildman–Crippen LogP) is 3.94. The second-order valence-corrected chi connectivity index (χ2v) is 7.71. The van der Waals surface area contributed by atoms with Crippen LogP contribution in [0.3, 0.4) is 0 Å². The van der Waals surface area contributed by atoms with Crippen molar-refractivity contribution >= 4 is 34.9 Å². The first-order chi connectivity index (χ1) is 14.5. The maximum atomic E-state index is 13.5. The fraction of sp³-hybridized carbons (Fsp3) is 0.0870. The molecule has 0 aromatic heterocycles. The van der Waals surface area contributed by atoms with Gasteiger partial charge in [0.2, 0.25) is 0 Å². The predicted molar refractivity (Wildman–Crippen MR) is 112 cm³/mol. The number of aliphatic hydroxyl groups excluding tert-OH is 1. The van der Waals surface area contributed by atoms with E-state index in [0.717, 1.165) is 11.8 Å². The Morgan fingerprint density at radius 1 is 0.933 bits per heavy atom. The summed E-state index contributed by atoms with van der Waals surface area (Å²) in [4.78, 5) is 39.4. The molecule has 30 heavy (non-hydrogen) atoms. The highest BCUT2D eigenvalue weighted by Gasteiger charge is 2.33. The van der Waals surface area contributed by atoms with Crippen LogP contribution in [-0.4, -0.2) is 34.9 Å². The lowest BCUT2D eigenvalue weighted by atomic mass is 9.83. The van der Waals surface area contributed by atoms with Crippen LogP contribution in [0.5, 0.6) is 0 Å². The quantitative estimate of drug-likeness (QED) is 0.477. The number of ketones is 2. The molecule has 4 rings (SSSR count). The van der Waals surface area contributed by atoms with E-state index in [9.17, 15) is 23.9 Å². The Labute approximate surface area is 175 Å². The van der Waals surface area contributed by atoms with Crippen LogP contribution >= 0.6 is 11.8 Å². The number of thioether (sulfide) groups is 1. The molecule has 0 saturated carbocycles. The molecule has 0 heterocycles. The highest BCUT2D eigenvalue weighted by molar-refractivity contribution is 7.99. The van der Waals surface area contributed by atoms with Gasteiger partial charge in [-0.1, -0.05) is 30.3 Å². The standard InChI is InChI=1S/C23H16FNO4S/c24-13-4-3-5-14(12-13)25-23(29)18-9-8-17-19(22(18)30-11-10-26)21(28)16-7-2-1-6-15(16)20(17)27/h1-9,12,26H,10-11H2,(H,25,29). The molecule has 1 aliphatic carbocycles. The van der Waals surface area contributed by atoms with Crippen LogP contribution in [0.15, 0.2) is 65.6 Å². The van der Waals surface area contributed by atoms with Crippen molar-refractivity contribution in [2.24, 2.45) is 0 Å². The van der Waals surface area contributed by atoms with E-state index in [1.807, 2.05) is 0 Å². The third-order valence-electron chi connectivity index (χ3n) is 4.71. The zero-order valence-electron chi connectivity index (χ0n) is 15.6. The molecule has 5 nitrogen and oxygen atoms in total. The normalized spacial score (nSPS) is 12.3. The van der Waals surface area contributed by atoms with Crippen LogP contribution in [0.2, 0.25) is 0 Å². The third kappa shape index (κ3) is 3.53. The molecule has 0 saturated heterocycles. The topological polar surface area (TPSA) is 83.5 Å². The van der Waals surface area contributed by atoms with E-state index in [4.69, 9.17) is 0 Å². The molecule has 1 amide bonds. The molecule has 0 unspecified atom stereocenters. The van der Waals surface area contributed by atoms with Crippen molar-refractivity contribution in [3.63, 3.8) is 0 Å². The molecule has 1 aliphatic rings. The van der Waals surface area contributed by atoms with Crippen molar-refractivity contribution in [1.29, 1.82) is 0 Å². The molecular formula is C23H16FNO4S. The zero-order chi connectivity index (χ0) is 21.3. The fourth-order valence-electron chi connectivity index (χ4n) is 3.40. The molecule has 3 aromatic rings. The first kappa shape index (κ1) is 20.0. The van der Waals surface area contributed by atoms with Crippen LogP contribution in [0.25, 0.3) is 0 Å². The van der Waals surface area contributed by atoms with E-state index in [-0.39, 0.29) is 51.9 Å². The Hall–Kier alpha value is -3.29. The molecule has 0 bridgehead atoms. The molecule has 7 heteroatoms. The third-order valence-corrected chi connectivity index (χ3v) is 5.81. The van der Waals surface area contributed by atoms with Crippen LogP contribution in [0.1, 0.15) is 42.2 Å². The minimum Gasteiger partial charge on any atom is -0.396 e. The van der Waals surface area contributed by atoms with Gasteiger partial charge in [0.25, 0.3) is 5.91 Å². The monoisotopic (exact) mass is 421 g/mol. The van der Waals surface area contributed by atoms with Crippen molar-refractivity contribution in [1.82, 2.24) is 0 Å². The number of rotatable bonds is 5. The lowest BCUT2D eigenvalue weighted by molar-refractivity contribution is 0.0975. The molecule has 0 fully saturated rings. The van der Waals surface area contributed by atoms with Crippen LogP contribution in [0, 0.1) is 5.82 Å². The number of hydrogen-bond donors (Lipinski definition) is 2. The molecular weight excluding hydrogens is 405 g/mol. The number of halogens is 1. The number of aliphatic hydroxyl groups is 1. The number of amides is 1. The number of carbonyl (C=O) groups is 3. The van der Waals surface area contributed by atoms with Gasteiger partial charge in [0.05, 0.1) is 12.2 Å². The lowest BCUT2D eigenvalue weighted by Crippen LogP contribution is -2.24. The summed E-state index contributed by atoms with van der Waals surface area (Å²) in [7, 11) is 0. The Morgan fingerprint density at radius 2 is 1.67 bits per heavy atom. The number of anilines is 1. The Bertz CT molecular complexity index is 1190. The smallest absolute Gasteiger partial charge is 0.256 e. The van der Waals surface area contributed by atoms with Gasteiger partial charge in [-0.15, -0.1) is 11.8 Å². The second kappa shape index (κ2) is 8.22. The summed E-state index contributed by atoms with van der Waals surface area (Å²) in [6, 6.07) is 15.0. The number of fused-ring (bicyclic) bond motifs is 2. The van der Waals surface area contributed by atoms with Gasteiger partial charge in [-0.05, 0) is 30.3 Å². The van der Waals surface area contributed by atoms with E-state index in [1.165, 1.54) is 30.3 Å². The maximum Gasteiger partial charge on any atom is 0.256 e. The van der Waals surface area contributed by atoms with E-state index in [0.29, 0.717) is 10.5 Å². The minimum atomic E-state index is -0.539. The molecule has 0 atom stereocenters. The molecule has 3 aromatic carbocycles. The average molecular weight is 421 g/mol. The van der Waals surface area contributed by atoms with Gasteiger partial charge in [0.1, 0.15) is 5.82 Å². The molecule has 0 spiro atoms. The van der Waals surface area contributed by atoms with Crippen LogP contribution in [0.4, 0.5) is 10.1 Å². The lowest BCUT2D eigenvalue weighted by Gasteiger charge is -2.22. The van der Waals surface area contributed by atoms with E-state index in [2.05, 4.69) is 5.32 Å². The first-order valence-corrected chi connectivity index (χ1v) is 10.2. The maximum absolute atomic E-state index is 13.5. The Kier molecular flexibility index (Phi) is 5.48. The van der Waals surface area contributed by atoms with Crippen LogP contribution < -0.4 is 5.32 Å². The average Bonchev–Trinajstić information content (AvgIpc) is 2.75. The summed E-state index contributed by atoms with van der Waals surface area (Å²) < 4.78 is 13.5. The molecule has 150 valence electrons. The van der Waals surface area contributed by atoms with Gasteiger partial charge in [-0.25, -0.2) is 4.39 Å². The van der Waals surface area contributed by atoms with Gasteiger partial charge < -0.3 is 10.4 Å². The zero-order valence-corrected chi connectivity index (χ0v) is 16.5. The summed E-state index contributed by atoms with van der Waals surface area (Å²) in [6.07, 6.45) is 0. The highest BCUT2D eigenvalue weighted by Crippen LogP contribution is 2.36. The summed E-state index contributed by atoms with van der Waals surface area (Å²) >= 11 is 1.13. The van der Waals surface area contributed by atoms with Crippen molar-refractivity contribution in [2.45, 2.75) is 4.90 Å². The molecule has 0 radical (unpaired) electrons. The summed E-state index contributed by atoms with van der Waals surface area (Å²) in [6.45, 7) is -0.169. The summed E-state index contributed by atoms with van der Waals surface area (Å²) in [5, 5.41) is 11.9. The Balaban J connectivity index is 1.82. The van der Waals surface area contributed by atoms with Crippen molar-refractivity contribution in [3.05, 3.63) is 94.3 Å². The van der Waals surface area contributed by atoms with E-state index < -0.39 is 11.7 Å². The summed E-state index contributed by atoms with van der Waals surface area (Å²) in [5.41, 5.74) is 1.43. The Morgan fingerprint density at radius 3 is 2.37 bits per heavy atom. The second-order valence-electron chi connectivity index (χ2n) is 6.61. The highest BCUT2D eigenvalue weighted by atomic mass is 32.2. The number of nitrogens with one attached hydrogen (secondary N) is 1. The summed E-state index contributed by atoms with van der Waals surface area (Å²) in [5.74, 6) is -1.43. The SMILES string of the molecule is O=C(Nc1cccc(F)c1)c1ccc2c(c1SCCO)C(=O)c1ccccc1C2=O. The molecule has 0 aliphatic heterocycles. The van der Waals surface area contributed by atoms with E-state index >= 15 is 0 Å². The fourth-order valence-corrected chi connectivity index (χ4v) is 4.36. The van der Waals surface area contributed by atoms with Crippen molar-refractivity contribution in [3.8, 4) is 0 Å². The molecule has 2 N–H and O–H groups in total. The van der Waals surface area contributed by atoms with Gasteiger partial charge >= 0.3 is 0 Å². The van der Waals surface area contributed by atoms with Gasteiger partial charge in [0.15, 0.2) is 11.6 Å². The van der Waals surface area contributed by atoms with Gasteiger partial charge in [-0.3, -0.25) is 14.4 Å². The number of hydrogen-bond acceptors (Lipinski definition) is 5. The van der Waals surface area contributed by atoms with E-state index in [1.54, 1.807) is 30.3 Å². The largest absolute Gasteiger partial charge is 0.396 e.